The van der Waals surface area contributed by atoms with Crippen LogP contribution < -0.4 is 0 Å². The standard InChI is InChI=1S/C14H20N2O/c1-3-15(2)14(17)16-10-8-12-6-4-5-7-13(12)9-11-16/h4-7H,3,8-11H2,1-2H3. The summed E-state index contributed by atoms with van der Waals surface area (Å²) in [6.45, 7) is 4.44. The van der Waals surface area contributed by atoms with Gasteiger partial charge < -0.3 is 9.80 Å². The number of carbonyl (C=O) groups excluding carboxylic acids is 1. The number of urea groups is 1. The van der Waals surface area contributed by atoms with Crippen molar-refractivity contribution >= 4 is 6.03 Å². The molecule has 0 saturated carbocycles. The number of nitrogens with zero attached hydrogens (tertiary/aromatic N) is 2. The van der Waals surface area contributed by atoms with Crippen molar-refractivity contribution in [1.82, 2.24) is 9.80 Å². The van der Waals surface area contributed by atoms with Gasteiger partial charge in [-0.1, -0.05) is 24.3 Å². The van der Waals surface area contributed by atoms with Crippen LogP contribution in [-0.2, 0) is 12.8 Å². The van der Waals surface area contributed by atoms with E-state index in [-0.39, 0.29) is 6.03 Å². The predicted octanol–water partition coefficient (Wildman–Crippen LogP) is 2.16. The Morgan fingerprint density at radius 2 is 1.76 bits per heavy atom. The Labute approximate surface area is 103 Å². The van der Waals surface area contributed by atoms with Crippen molar-refractivity contribution in [1.29, 1.82) is 0 Å². The second-order valence-corrected chi connectivity index (χ2v) is 4.55. The zero-order chi connectivity index (χ0) is 12.3. The second kappa shape index (κ2) is 5.21. The van der Waals surface area contributed by atoms with Crippen LogP contribution in [0.5, 0.6) is 0 Å². The van der Waals surface area contributed by atoms with Gasteiger partial charge in [-0.15, -0.1) is 0 Å². The molecule has 17 heavy (non-hydrogen) atoms. The first-order valence-corrected chi connectivity index (χ1v) is 6.29. The topological polar surface area (TPSA) is 23.6 Å². The van der Waals surface area contributed by atoms with Crippen LogP contribution in [0, 0.1) is 0 Å². The van der Waals surface area contributed by atoms with Gasteiger partial charge in [0.2, 0.25) is 0 Å². The molecule has 2 amide bonds. The lowest BCUT2D eigenvalue weighted by Gasteiger charge is -2.26. The zero-order valence-corrected chi connectivity index (χ0v) is 10.6. The highest BCUT2D eigenvalue weighted by Gasteiger charge is 2.19. The Balaban J connectivity index is 2.06. The van der Waals surface area contributed by atoms with Crippen LogP contribution in [0.4, 0.5) is 4.79 Å². The average molecular weight is 232 g/mol. The van der Waals surface area contributed by atoms with Gasteiger partial charge in [0.05, 0.1) is 0 Å². The molecule has 0 saturated heterocycles. The summed E-state index contributed by atoms with van der Waals surface area (Å²) in [6.07, 6.45) is 1.94. The van der Waals surface area contributed by atoms with Crippen LogP contribution in [0.25, 0.3) is 0 Å². The SMILES string of the molecule is CCN(C)C(=O)N1CCc2ccccc2CC1. The maximum atomic E-state index is 12.1. The normalized spacial score (nSPS) is 15.1. The van der Waals surface area contributed by atoms with E-state index in [9.17, 15) is 4.79 Å². The first-order chi connectivity index (χ1) is 8.22. The Bertz CT molecular complexity index is 376. The Morgan fingerprint density at radius 3 is 2.24 bits per heavy atom. The molecule has 0 spiro atoms. The summed E-state index contributed by atoms with van der Waals surface area (Å²) in [4.78, 5) is 15.8. The van der Waals surface area contributed by atoms with E-state index in [1.54, 1.807) is 4.90 Å². The fourth-order valence-corrected chi connectivity index (χ4v) is 2.24. The molecule has 0 atom stereocenters. The van der Waals surface area contributed by atoms with Crippen molar-refractivity contribution < 1.29 is 4.79 Å². The van der Waals surface area contributed by atoms with Gasteiger partial charge in [-0.05, 0) is 30.9 Å². The van der Waals surface area contributed by atoms with E-state index in [0.717, 1.165) is 32.5 Å². The van der Waals surface area contributed by atoms with Gasteiger partial charge in [-0.2, -0.15) is 0 Å². The van der Waals surface area contributed by atoms with Crippen LogP contribution in [0.1, 0.15) is 18.1 Å². The lowest BCUT2D eigenvalue weighted by Crippen LogP contribution is -2.42. The molecule has 3 heteroatoms. The van der Waals surface area contributed by atoms with Crippen LogP contribution in [0.2, 0.25) is 0 Å². The molecule has 0 radical (unpaired) electrons. The Hall–Kier alpha value is -1.51. The van der Waals surface area contributed by atoms with E-state index < -0.39 is 0 Å². The molecular formula is C14H20N2O. The molecule has 0 fully saturated rings. The molecule has 0 unspecified atom stereocenters. The van der Waals surface area contributed by atoms with Crippen molar-refractivity contribution in [2.75, 3.05) is 26.7 Å². The average Bonchev–Trinajstić information content (AvgIpc) is 2.59. The summed E-state index contributed by atoms with van der Waals surface area (Å²) in [5.41, 5.74) is 2.78. The third-order valence-corrected chi connectivity index (χ3v) is 3.49. The highest BCUT2D eigenvalue weighted by atomic mass is 16.2. The maximum Gasteiger partial charge on any atom is 0.319 e. The number of carbonyl (C=O) groups is 1. The summed E-state index contributed by atoms with van der Waals surface area (Å²) in [5.74, 6) is 0. The van der Waals surface area contributed by atoms with Crippen molar-refractivity contribution in [3.05, 3.63) is 35.4 Å². The van der Waals surface area contributed by atoms with Crippen molar-refractivity contribution in [2.45, 2.75) is 19.8 Å². The zero-order valence-electron chi connectivity index (χ0n) is 10.6. The molecule has 1 aliphatic rings. The van der Waals surface area contributed by atoms with Crippen LogP contribution >= 0.6 is 0 Å². The van der Waals surface area contributed by atoms with E-state index in [1.165, 1.54) is 11.1 Å². The van der Waals surface area contributed by atoms with E-state index in [4.69, 9.17) is 0 Å². The first-order valence-electron chi connectivity index (χ1n) is 6.29. The number of amides is 2. The molecule has 2 rings (SSSR count). The lowest BCUT2D eigenvalue weighted by molar-refractivity contribution is 0.167. The fraction of sp³-hybridized carbons (Fsp3) is 0.500. The molecular weight excluding hydrogens is 212 g/mol. The molecule has 0 bridgehead atoms. The van der Waals surface area contributed by atoms with Crippen LogP contribution in [0.3, 0.4) is 0 Å². The van der Waals surface area contributed by atoms with Gasteiger partial charge in [-0.25, -0.2) is 4.79 Å². The predicted molar refractivity (Wildman–Crippen MR) is 69.1 cm³/mol. The van der Waals surface area contributed by atoms with Crippen molar-refractivity contribution in [3.8, 4) is 0 Å². The van der Waals surface area contributed by atoms with Gasteiger partial charge in [0, 0.05) is 26.7 Å². The fourth-order valence-electron chi connectivity index (χ4n) is 2.24. The minimum atomic E-state index is 0.153. The van der Waals surface area contributed by atoms with Gasteiger partial charge in [0.25, 0.3) is 0 Å². The molecule has 92 valence electrons. The summed E-state index contributed by atoms with van der Waals surface area (Å²) in [5, 5.41) is 0. The first kappa shape index (κ1) is 12.0. The Morgan fingerprint density at radius 1 is 1.24 bits per heavy atom. The van der Waals surface area contributed by atoms with Crippen molar-refractivity contribution in [3.63, 3.8) is 0 Å². The maximum absolute atomic E-state index is 12.1. The van der Waals surface area contributed by atoms with Gasteiger partial charge in [0.15, 0.2) is 0 Å². The Kier molecular flexibility index (Phi) is 3.67. The second-order valence-electron chi connectivity index (χ2n) is 4.55. The lowest BCUT2D eigenvalue weighted by atomic mass is 10.0. The number of hydrogen-bond donors (Lipinski definition) is 0. The largest absolute Gasteiger partial charge is 0.328 e. The molecule has 1 aromatic carbocycles. The number of hydrogen-bond acceptors (Lipinski definition) is 1. The molecule has 0 N–H and O–H groups in total. The minimum Gasteiger partial charge on any atom is -0.328 e. The summed E-state index contributed by atoms with van der Waals surface area (Å²) >= 11 is 0. The summed E-state index contributed by atoms with van der Waals surface area (Å²) in [7, 11) is 1.86. The highest BCUT2D eigenvalue weighted by molar-refractivity contribution is 5.74. The number of benzene rings is 1. The van der Waals surface area contributed by atoms with Crippen molar-refractivity contribution in [2.24, 2.45) is 0 Å². The molecule has 1 heterocycles. The van der Waals surface area contributed by atoms with E-state index >= 15 is 0 Å². The van der Waals surface area contributed by atoms with Gasteiger partial charge in [-0.3, -0.25) is 0 Å². The monoisotopic (exact) mass is 232 g/mol. The molecule has 0 aliphatic carbocycles. The molecule has 1 aromatic rings. The molecule has 0 aromatic heterocycles. The van der Waals surface area contributed by atoms with Gasteiger partial charge in [0.1, 0.15) is 0 Å². The third kappa shape index (κ3) is 2.60. The number of rotatable bonds is 1. The number of fused-ring (bicyclic) bond motifs is 1. The van der Waals surface area contributed by atoms with Crippen LogP contribution in [-0.4, -0.2) is 42.5 Å². The summed E-state index contributed by atoms with van der Waals surface area (Å²) in [6, 6.07) is 8.66. The van der Waals surface area contributed by atoms with Crippen LogP contribution in [0.15, 0.2) is 24.3 Å². The highest BCUT2D eigenvalue weighted by Crippen LogP contribution is 2.16. The third-order valence-electron chi connectivity index (χ3n) is 3.49. The quantitative estimate of drug-likeness (QED) is 0.728. The van der Waals surface area contributed by atoms with E-state index in [0.29, 0.717) is 0 Å². The molecule has 3 nitrogen and oxygen atoms in total. The van der Waals surface area contributed by atoms with E-state index in [1.807, 2.05) is 18.9 Å². The van der Waals surface area contributed by atoms with E-state index in [2.05, 4.69) is 24.3 Å². The summed E-state index contributed by atoms with van der Waals surface area (Å²) < 4.78 is 0. The smallest absolute Gasteiger partial charge is 0.319 e. The molecule has 1 aliphatic heterocycles. The minimum absolute atomic E-state index is 0.153. The van der Waals surface area contributed by atoms with Gasteiger partial charge >= 0.3 is 6.03 Å².